The number of carbonyl (C=O) groups excluding carboxylic acids is 2. The number of nitrogens with zero attached hydrogens (tertiary/aromatic N) is 1. The van der Waals surface area contributed by atoms with E-state index in [2.05, 4.69) is 15.6 Å². The molecule has 0 aliphatic heterocycles. The molecule has 0 aliphatic rings. The Labute approximate surface area is 134 Å². The fraction of sp³-hybridized carbons (Fsp3) is 0.235. The van der Waals surface area contributed by atoms with E-state index >= 15 is 0 Å². The number of amides is 1. The zero-order valence-corrected chi connectivity index (χ0v) is 13.1. The predicted octanol–water partition coefficient (Wildman–Crippen LogP) is 2.75. The molecule has 23 heavy (non-hydrogen) atoms. The van der Waals surface area contributed by atoms with Crippen molar-refractivity contribution in [1.29, 1.82) is 0 Å². The molecule has 1 aromatic carbocycles. The van der Waals surface area contributed by atoms with Crippen molar-refractivity contribution >= 4 is 23.3 Å². The van der Waals surface area contributed by atoms with Crippen molar-refractivity contribution in [3.05, 3.63) is 53.9 Å². The van der Waals surface area contributed by atoms with Crippen molar-refractivity contribution in [3.8, 4) is 0 Å². The lowest BCUT2D eigenvalue weighted by Crippen LogP contribution is -2.24. The summed E-state index contributed by atoms with van der Waals surface area (Å²) in [6.07, 6.45) is 4.00. The SMILES string of the molecule is CCCNC(=O)c1cncc(Nc2cccc(C(=O)OC)c2)c1. The number of esters is 1. The Morgan fingerprint density at radius 1 is 1.13 bits per heavy atom. The van der Waals surface area contributed by atoms with Crippen molar-refractivity contribution < 1.29 is 14.3 Å². The van der Waals surface area contributed by atoms with E-state index < -0.39 is 5.97 Å². The number of nitrogens with one attached hydrogen (secondary N) is 2. The van der Waals surface area contributed by atoms with Crippen molar-refractivity contribution in [3.63, 3.8) is 0 Å². The van der Waals surface area contributed by atoms with E-state index in [1.807, 2.05) is 13.0 Å². The van der Waals surface area contributed by atoms with Crippen molar-refractivity contribution in [2.45, 2.75) is 13.3 Å². The molecular formula is C17H19N3O3. The summed E-state index contributed by atoms with van der Waals surface area (Å²) in [4.78, 5) is 27.6. The highest BCUT2D eigenvalue weighted by Crippen LogP contribution is 2.18. The van der Waals surface area contributed by atoms with E-state index in [4.69, 9.17) is 4.74 Å². The standard InChI is InChI=1S/C17H19N3O3/c1-3-7-19-16(21)13-9-15(11-18-10-13)20-14-6-4-5-12(8-14)17(22)23-2/h4-6,8-11,20H,3,7H2,1-2H3,(H,19,21). The zero-order valence-electron chi connectivity index (χ0n) is 13.1. The van der Waals surface area contributed by atoms with Gasteiger partial charge < -0.3 is 15.4 Å². The lowest BCUT2D eigenvalue weighted by molar-refractivity contribution is 0.0600. The quantitative estimate of drug-likeness (QED) is 0.802. The fourth-order valence-corrected chi connectivity index (χ4v) is 1.98. The van der Waals surface area contributed by atoms with Gasteiger partial charge in [-0.3, -0.25) is 9.78 Å². The van der Waals surface area contributed by atoms with Crippen LogP contribution in [0.1, 0.15) is 34.1 Å². The van der Waals surface area contributed by atoms with Gasteiger partial charge in [0.1, 0.15) is 0 Å². The third-order valence-corrected chi connectivity index (χ3v) is 3.11. The molecule has 0 radical (unpaired) electrons. The Hall–Kier alpha value is -2.89. The van der Waals surface area contributed by atoms with Gasteiger partial charge in [0.05, 0.1) is 30.1 Å². The maximum Gasteiger partial charge on any atom is 0.337 e. The molecule has 0 aliphatic carbocycles. The molecule has 2 N–H and O–H groups in total. The van der Waals surface area contributed by atoms with Crippen molar-refractivity contribution in [2.75, 3.05) is 19.0 Å². The van der Waals surface area contributed by atoms with Gasteiger partial charge in [-0.15, -0.1) is 0 Å². The highest BCUT2D eigenvalue weighted by molar-refractivity contribution is 5.95. The van der Waals surface area contributed by atoms with E-state index in [-0.39, 0.29) is 5.91 Å². The Balaban J connectivity index is 2.14. The second-order valence-corrected chi connectivity index (χ2v) is 4.92. The molecule has 1 aromatic heterocycles. The van der Waals surface area contributed by atoms with E-state index in [1.54, 1.807) is 30.5 Å². The van der Waals surface area contributed by atoms with Gasteiger partial charge in [-0.1, -0.05) is 13.0 Å². The van der Waals surface area contributed by atoms with Crippen LogP contribution in [0, 0.1) is 0 Å². The molecule has 120 valence electrons. The lowest BCUT2D eigenvalue weighted by Gasteiger charge is -2.09. The Kier molecular flexibility index (Phi) is 5.68. The number of pyridine rings is 1. The molecule has 0 saturated carbocycles. The number of hydrogen-bond acceptors (Lipinski definition) is 5. The van der Waals surface area contributed by atoms with E-state index in [0.29, 0.717) is 29.0 Å². The monoisotopic (exact) mass is 313 g/mol. The lowest BCUT2D eigenvalue weighted by atomic mass is 10.2. The molecule has 0 atom stereocenters. The van der Waals surface area contributed by atoms with Gasteiger partial charge in [0.25, 0.3) is 5.91 Å². The Morgan fingerprint density at radius 3 is 2.65 bits per heavy atom. The molecule has 0 spiro atoms. The van der Waals surface area contributed by atoms with Crippen LogP contribution < -0.4 is 10.6 Å². The first kappa shape index (κ1) is 16.5. The summed E-state index contributed by atoms with van der Waals surface area (Å²) in [6, 6.07) is 8.62. The van der Waals surface area contributed by atoms with E-state index in [9.17, 15) is 9.59 Å². The van der Waals surface area contributed by atoms with E-state index in [1.165, 1.54) is 13.3 Å². The van der Waals surface area contributed by atoms with Gasteiger partial charge in [-0.25, -0.2) is 4.79 Å². The molecule has 1 heterocycles. The number of benzene rings is 1. The summed E-state index contributed by atoms with van der Waals surface area (Å²) in [5.41, 5.74) is 2.30. The average Bonchev–Trinajstić information content (AvgIpc) is 2.59. The number of hydrogen-bond donors (Lipinski definition) is 2. The first-order valence-corrected chi connectivity index (χ1v) is 7.32. The minimum atomic E-state index is -0.403. The van der Waals surface area contributed by atoms with Crippen LogP contribution in [0.5, 0.6) is 0 Å². The molecule has 1 amide bonds. The van der Waals surface area contributed by atoms with Crippen LogP contribution in [0.2, 0.25) is 0 Å². The normalized spacial score (nSPS) is 10.0. The van der Waals surface area contributed by atoms with E-state index in [0.717, 1.165) is 6.42 Å². The first-order valence-electron chi connectivity index (χ1n) is 7.32. The highest BCUT2D eigenvalue weighted by atomic mass is 16.5. The summed E-state index contributed by atoms with van der Waals surface area (Å²) in [5.74, 6) is -0.564. The second-order valence-electron chi connectivity index (χ2n) is 4.92. The number of aromatic nitrogens is 1. The first-order chi connectivity index (χ1) is 11.1. The van der Waals surface area contributed by atoms with Gasteiger partial charge in [-0.2, -0.15) is 0 Å². The maximum atomic E-state index is 12.0. The summed E-state index contributed by atoms with van der Waals surface area (Å²) in [5, 5.41) is 5.93. The smallest absolute Gasteiger partial charge is 0.337 e. The number of anilines is 2. The minimum Gasteiger partial charge on any atom is -0.465 e. The van der Waals surface area contributed by atoms with Crippen LogP contribution >= 0.6 is 0 Å². The van der Waals surface area contributed by atoms with Gasteiger partial charge in [0.15, 0.2) is 0 Å². The Bertz CT molecular complexity index is 701. The summed E-state index contributed by atoms with van der Waals surface area (Å²) in [7, 11) is 1.34. The zero-order chi connectivity index (χ0) is 16.7. The van der Waals surface area contributed by atoms with Gasteiger partial charge in [0.2, 0.25) is 0 Å². The third kappa shape index (κ3) is 4.54. The number of carbonyl (C=O) groups is 2. The van der Waals surface area contributed by atoms with Crippen LogP contribution in [0.4, 0.5) is 11.4 Å². The van der Waals surface area contributed by atoms with Crippen molar-refractivity contribution in [2.24, 2.45) is 0 Å². The van der Waals surface area contributed by atoms with Crippen LogP contribution in [-0.2, 0) is 4.74 Å². The molecule has 6 heteroatoms. The molecule has 0 bridgehead atoms. The summed E-state index contributed by atoms with van der Waals surface area (Å²) in [6.45, 7) is 2.61. The minimum absolute atomic E-state index is 0.161. The van der Waals surface area contributed by atoms with Crippen molar-refractivity contribution in [1.82, 2.24) is 10.3 Å². The van der Waals surface area contributed by atoms with Gasteiger partial charge >= 0.3 is 5.97 Å². The van der Waals surface area contributed by atoms with Crippen LogP contribution in [0.15, 0.2) is 42.7 Å². The predicted molar refractivity (Wildman–Crippen MR) is 87.9 cm³/mol. The average molecular weight is 313 g/mol. The molecule has 2 rings (SSSR count). The number of rotatable bonds is 6. The third-order valence-electron chi connectivity index (χ3n) is 3.11. The summed E-state index contributed by atoms with van der Waals surface area (Å²) >= 11 is 0. The van der Waals surface area contributed by atoms with Crippen LogP contribution in [-0.4, -0.2) is 30.5 Å². The largest absolute Gasteiger partial charge is 0.465 e. The van der Waals surface area contributed by atoms with Gasteiger partial charge in [0, 0.05) is 18.4 Å². The van der Waals surface area contributed by atoms with Gasteiger partial charge in [-0.05, 0) is 30.7 Å². The molecule has 0 unspecified atom stereocenters. The second kappa shape index (κ2) is 7.93. The summed E-state index contributed by atoms with van der Waals surface area (Å²) < 4.78 is 4.70. The van der Waals surface area contributed by atoms with Crippen LogP contribution in [0.3, 0.4) is 0 Å². The molecule has 0 saturated heterocycles. The fourth-order valence-electron chi connectivity index (χ4n) is 1.98. The maximum absolute atomic E-state index is 12.0. The highest BCUT2D eigenvalue weighted by Gasteiger charge is 2.08. The number of ether oxygens (including phenoxy) is 1. The molecular weight excluding hydrogens is 294 g/mol. The topological polar surface area (TPSA) is 80.3 Å². The number of methoxy groups -OCH3 is 1. The molecule has 6 nitrogen and oxygen atoms in total. The van der Waals surface area contributed by atoms with Crippen LogP contribution in [0.25, 0.3) is 0 Å². The Morgan fingerprint density at radius 2 is 1.91 bits per heavy atom. The molecule has 0 fully saturated rings. The molecule has 2 aromatic rings.